The minimum atomic E-state index is -0.223. The molecule has 0 aliphatic carbocycles. The fourth-order valence-corrected chi connectivity index (χ4v) is 2.28. The van der Waals surface area contributed by atoms with Crippen molar-refractivity contribution in [1.82, 2.24) is 5.43 Å². The first-order chi connectivity index (χ1) is 11.1. The fourth-order valence-electron chi connectivity index (χ4n) is 2.08. The van der Waals surface area contributed by atoms with E-state index in [1.54, 1.807) is 6.07 Å². The van der Waals surface area contributed by atoms with Crippen LogP contribution >= 0.6 is 11.6 Å². The third-order valence-corrected chi connectivity index (χ3v) is 3.56. The summed E-state index contributed by atoms with van der Waals surface area (Å²) in [4.78, 5) is 12.0. The summed E-state index contributed by atoms with van der Waals surface area (Å²) in [6.45, 7) is 4.19. The van der Waals surface area contributed by atoms with Gasteiger partial charge in [0.1, 0.15) is 0 Å². The Morgan fingerprint density at radius 1 is 1.09 bits per heavy atom. The Morgan fingerprint density at radius 3 is 2.39 bits per heavy atom. The Hall–Kier alpha value is -2.33. The van der Waals surface area contributed by atoms with Crippen LogP contribution in [0.5, 0.6) is 0 Å². The Balaban J connectivity index is 1.97. The standard InChI is InChI=1S/C18H20ClN3O/c1-13(2)18(14-8-4-3-5-9-14)22-21-17(23)12-20-16-11-7-6-10-15(16)19/h3-11,13,20H,12H2,1-2H3,(H,21,23). The average Bonchev–Trinajstić information content (AvgIpc) is 2.55. The number of rotatable bonds is 6. The van der Waals surface area contributed by atoms with Gasteiger partial charge < -0.3 is 5.32 Å². The van der Waals surface area contributed by atoms with Gasteiger partial charge in [0, 0.05) is 0 Å². The molecule has 0 radical (unpaired) electrons. The maximum Gasteiger partial charge on any atom is 0.259 e. The summed E-state index contributed by atoms with van der Waals surface area (Å²) in [5.41, 5.74) is 5.16. The lowest BCUT2D eigenvalue weighted by Crippen LogP contribution is -2.28. The monoisotopic (exact) mass is 329 g/mol. The summed E-state index contributed by atoms with van der Waals surface area (Å²) >= 11 is 6.04. The second kappa shape index (κ2) is 8.34. The summed E-state index contributed by atoms with van der Waals surface area (Å²) in [5.74, 6) is -0.0202. The van der Waals surface area contributed by atoms with Crippen LogP contribution in [0.25, 0.3) is 0 Å². The molecule has 0 bridgehead atoms. The molecule has 0 aliphatic rings. The van der Waals surface area contributed by atoms with Gasteiger partial charge in [-0.1, -0.05) is 67.9 Å². The second-order valence-corrected chi connectivity index (χ2v) is 5.79. The van der Waals surface area contributed by atoms with Crippen molar-refractivity contribution >= 4 is 28.9 Å². The molecule has 2 aromatic carbocycles. The van der Waals surface area contributed by atoms with Crippen LogP contribution in [0.3, 0.4) is 0 Å². The lowest BCUT2D eigenvalue weighted by Gasteiger charge is -2.11. The van der Waals surface area contributed by atoms with E-state index >= 15 is 0 Å². The minimum absolute atomic E-state index is 0.105. The smallest absolute Gasteiger partial charge is 0.259 e. The number of carbonyl (C=O) groups is 1. The number of anilines is 1. The zero-order chi connectivity index (χ0) is 16.7. The first-order valence-corrected chi connectivity index (χ1v) is 7.86. The van der Waals surface area contributed by atoms with Crippen molar-refractivity contribution in [2.24, 2.45) is 11.0 Å². The van der Waals surface area contributed by atoms with E-state index in [1.807, 2.05) is 62.4 Å². The number of hydrogen-bond acceptors (Lipinski definition) is 3. The quantitative estimate of drug-likeness (QED) is 0.623. The van der Waals surface area contributed by atoms with Crippen LogP contribution in [-0.2, 0) is 4.79 Å². The molecule has 0 spiro atoms. The fraction of sp³-hybridized carbons (Fsp3) is 0.222. The molecule has 1 amide bonds. The molecule has 23 heavy (non-hydrogen) atoms. The molecule has 0 aromatic heterocycles. The van der Waals surface area contributed by atoms with Crippen molar-refractivity contribution in [3.05, 3.63) is 65.2 Å². The van der Waals surface area contributed by atoms with Gasteiger partial charge in [-0.2, -0.15) is 5.10 Å². The number of para-hydroxylation sites is 1. The van der Waals surface area contributed by atoms with Crippen molar-refractivity contribution < 1.29 is 4.79 Å². The number of hydrazone groups is 1. The molecule has 5 heteroatoms. The molecule has 0 aliphatic heterocycles. The zero-order valence-corrected chi connectivity index (χ0v) is 14.0. The third-order valence-electron chi connectivity index (χ3n) is 3.23. The number of hydrogen-bond donors (Lipinski definition) is 2. The summed E-state index contributed by atoms with van der Waals surface area (Å²) in [5, 5.41) is 7.84. The van der Waals surface area contributed by atoms with E-state index in [-0.39, 0.29) is 18.4 Å². The van der Waals surface area contributed by atoms with Gasteiger partial charge in [0.25, 0.3) is 5.91 Å². The number of benzene rings is 2. The van der Waals surface area contributed by atoms with Crippen LogP contribution < -0.4 is 10.7 Å². The van der Waals surface area contributed by atoms with E-state index < -0.39 is 0 Å². The number of nitrogens with zero attached hydrogens (tertiary/aromatic N) is 1. The average molecular weight is 330 g/mol. The van der Waals surface area contributed by atoms with Gasteiger partial charge >= 0.3 is 0 Å². The summed E-state index contributed by atoms with van der Waals surface area (Å²) < 4.78 is 0. The highest BCUT2D eigenvalue weighted by Crippen LogP contribution is 2.19. The van der Waals surface area contributed by atoms with E-state index in [9.17, 15) is 4.79 Å². The molecular weight excluding hydrogens is 310 g/mol. The Morgan fingerprint density at radius 2 is 1.74 bits per heavy atom. The predicted molar refractivity (Wildman–Crippen MR) is 95.9 cm³/mol. The number of nitrogens with one attached hydrogen (secondary N) is 2. The second-order valence-electron chi connectivity index (χ2n) is 5.39. The molecule has 4 nitrogen and oxygen atoms in total. The van der Waals surface area contributed by atoms with E-state index in [1.165, 1.54) is 0 Å². The van der Waals surface area contributed by atoms with Gasteiger partial charge in [0.05, 0.1) is 23.0 Å². The van der Waals surface area contributed by atoms with Gasteiger partial charge in [-0.15, -0.1) is 0 Å². The molecule has 2 rings (SSSR count). The molecule has 0 saturated carbocycles. The molecular formula is C18H20ClN3O. The summed E-state index contributed by atoms with van der Waals surface area (Å²) in [6.07, 6.45) is 0. The Kier molecular flexibility index (Phi) is 6.18. The van der Waals surface area contributed by atoms with Crippen molar-refractivity contribution in [1.29, 1.82) is 0 Å². The van der Waals surface area contributed by atoms with E-state index in [2.05, 4.69) is 15.8 Å². The van der Waals surface area contributed by atoms with Crippen molar-refractivity contribution in [2.45, 2.75) is 13.8 Å². The van der Waals surface area contributed by atoms with Crippen LogP contribution in [0.4, 0.5) is 5.69 Å². The zero-order valence-electron chi connectivity index (χ0n) is 13.2. The van der Waals surface area contributed by atoms with Gasteiger partial charge in [0.15, 0.2) is 0 Å². The van der Waals surface area contributed by atoms with E-state index in [0.717, 1.165) is 17.0 Å². The molecule has 0 saturated heterocycles. The normalized spacial score (nSPS) is 11.4. The Labute approximate surface area is 141 Å². The van der Waals surface area contributed by atoms with E-state index in [0.29, 0.717) is 5.02 Å². The molecule has 0 heterocycles. The number of amides is 1. The summed E-state index contributed by atoms with van der Waals surface area (Å²) in [7, 11) is 0. The highest BCUT2D eigenvalue weighted by atomic mass is 35.5. The highest BCUT2D eigenvalue weighted by Gasteiger charge is 2.09. The highest BCUT2D eigenvalue weighted by molar-refractivity contribution is 6.33. The Bertz CT molecular complexity index is 684. The molecule has 0 fully saturated rings. The molecule has 2 N–H and O–H groups in total. The predicted octanol–water partition coefficient (Wildman–Crippen LogP) is 3.93. The van der Waals surface area contributed by atoms with Gasteiger partial charge in [0.2, 0.25) is 0 Å². The first-order valence-electron chi connectivity index (χ1n) is 7.48. The van der Waals surface area contributed by atoms with Crippen LogP contribution in [0.1, 0.15) is 19.4 Å². The van der Waals surface area contributed by atoms with Crippen LogP contribution in [-0.4, -0.2) is 18.2 Å². The van der Waals surface area contributed by atoms with Crippen LogP contribution in [0.2, 0.25) is 5.02 Å². The molecule has 0 atom stereocenters. The van der Waals surface area contributed by atoms with Crippen LogP contribution in [0.15, 0.2) is 59.7 Å². The maximum absolute atomic E-state index is 12.0. The largest absolute Gasteiger partial charge is 0.375 e. The lowest BCUT2D eigenvalue weighted by molar-refractivity contribution is -0.119. The van der Waals surface area contributed by atoms with E-state index in [4.69, 9.17) is 11.6 Å². The summed E-state index contributed by atoms with van der Waals surface area (Å²) in [6, 6.07) is 17.1. The lowest BCUT2D eigenvalue weighted by atomic mass is 10.0. The van der Waals surface area contributed by atoms with Crippen molar-refractivity contribution in [3.63, 3.8) is 0 Å². The first kappa shape index (κ1) is 17.0. The van der Waals surface area contributed by atoms with Gasteiger partial charge in [-0.3, -0.25) is 4.79 Å². The topological polar surface area (TPSA) is 53.5 Å². The van der Waals surface area contributed by atoms with Crippen LogP contribution in [0, 0.1) is 5.92 Å². The minimum Gasteiger partial charge on any atom is -0.375 e. The number of halogens is 1. The third kappa shape index (κ3) is 5.11. The molecule has 0 unspecified atom stereocenters. The molecule has 2 aromatic rings. The number of carbonyl (C=O) groups excluding carboxylic acids is 1. The SMILES string of the molecule is CC(C)C(=NNC(=O)CNc1ccccc1Cl)c1ccccc1. The van der Waals surface area contributed by atoms with Gasteiger partial charge in [-0.05, 0) is 23.6 Å². The van der Waals surface area contributed by atoms with Gasteiger partial charge in [-0.25, -0.2) is 5.43 Å². The maximum atomic E-state index is 12.0. The van der Waals surface area contributed by atoms with Crippen molar-refractivity contribution in [2.75, 3.05) is 11.9 Å². The molecule has 120 valence electrons. The van der Waals surface area contributed by atoms with Crippen molar-refractivity contribution in [3.8, 4) is 0 Å².